The van der Waals surface area contributed by atoms with Crippen LogP contribution in [0.1, 0.15) is 31.2 Å². The highest BCUT2D eigenvalue weighted by Crippen LogP contribution is 2.48. The van der Waals surface area contributed by atoms with Gasteiger partial charge in [-0.25, -0.2) is 0 Å². The fourth-order valence-electron chi connectivity index (χ4n) is 3.08. The molecular formula is C17H24N2O. The number of nitrogens with one attached hydrogen (secondary N) is 1. The largest absolute Gasteiger partial charge is 0.354 e. The van der Waals surface area contributed by atoms with Gasteiger partial charge in [-0.2, -0.15) is 0 Å². The van der Waals surface area contributed by atoms with Gasteiger partial charge in [0.25, 0.3) is 0 Å². The van der Waals surface area contributed by atoms with Crippen molar-refractivity contribution in [3.8, 4) is 0 Å². The van der Waals surface area contributed by atoms with E-state index in [0.29, 0.717) is 12.3 Å². The van der Waals surface area contributed by atoms with Crippen molar-refractivity contribution in [3.05, 3.63) is 35.9 Å². The molecule has 0 spiro atoms. The minimum atomic E-state index is -0.434. The Hall–Kier alpha value is -1.35. The molecule has 1 aromatic carbocycles. The first-order valence-corrected chi connectivity index (χ1v) is 7.81. The monoisotopic (exact) mass is 272 g/mol. The quantitative estimate of drug-likeness (QED) is 0.798. The summed E-state index contributed by atoms with van der Waals surface area (Å²) < 4.78 is 0. The molecule has 1 aromatic rings. The summed E-state index contributed by atoms with van der Waals surface area (Å²) in [7, 11) is 0. The third-order valence-electron chi connectivity index (χ3n) is 4.60. The van der Waals surface area contributed by atoms with Crippen LogP contribution in [0.5, 0.6) is 0 Å². The maximum absolute atomic E-state index is 12.1. The highest BCUT2D eigenvalue weighted by molar-refractivity contribution is 5.81. The molecule has 2 saturated carbocycles. The van der Waals surface area contributed by atoms with Crippen LogP contribution in [0.4, 0.5) is 0 Å². The standard InChI is InChI=1S/C17H24N2O/c18-16(10-12-4-2-1-3-5-12)17(20)19-11-15(13-6-7-13)14-8-9-14/h1-5,13-16H,6-11,18H2,(H,19,20)/t16-/m0/s1. The molecule has 3 nitrogen and oxygen atoms in total. The van der Waals surface area contributed by atoms with Crippen molar-refractivity contribution < 1.29 is 4.79 Å². The molecule has 0 bridgehead atoms. The minimum Gasteiger partial charge on any atom is -0.354 e. The molecule has 0 saturated heterocycles. The number of carbonyl (C=O) groups excluding carboxylic acids is 1. The van der Waals surface area contributed by atoms with Crippen LogP contribution in [-0.4, -0.2) is 18.5 Å². The van der Waals surface area contributed by atoms with Crippen LogP contribution in [-0.2, 0) is 11.2 Å². The second-order valence-electron chi connectivity index (χ2n) is 6.38. The van der Waals surface area contributed by atoms with Crippen LogP contribution < -0.4 is 11.1 Å². The van der Waals surface area contributed by atoms with Gasteiger partial charge < -0.3 is 11.1 Å². The van der Waals surface area contributed by atoms with Crippen molar-refractivity contribution in [1.29, 1.82) is 0 Å². The molecule has 3 N–H and O–H groups in total. The number of hydrogen-bond acceptors (Lipinski definition) is 2. The normalized spacial score (nSPS) is 19.9. The van der Waals surface area contributed by atoms with Gasteiger partial charge in [-0.3, -0.25) is 4.79 Å². The topological polar surface area (TPSA) is 55.1 Å². The first-order valence-electron chi connectivity index (χ1n) is 7.81. The molecule has 2 aliphatic carbocycles. The fourth-order valence-corrected chi connectivity index (χ4v) is 3.08. The van der Waals surface area contributed by atoms with Gasteiger partial charge in [-0.15, -0.1) is 0 Å². The third kappa shape index (κ3) is 3.60. The van der Waals surface area contributed by atoms with E-state index in [4.69, 9.17) is 5.73 Å². The Balaban J connectivity index is 1.45. The maximum Gasteiger partial charge on any atom is 0.237 e. The van der Waals surface area contributed by atoms with E-state index in [-0.39, 0.29) is 5.91 Å². The van der Waals surface area contributed by atoms with E-state index in [1.54, 1.807) is 0 Å². The van der Waals surface area contributed by atoms with Crippen molar-refractivity contribution in [2.24, 2.45) is 23.5 Å². The summed E-state index contributed by atoms with van der Waals surface area (Å²) in [5.41, 5.74) is 7.13. The Morgan fingerprint density at radius 2 is 1.75 bits per heavy atom. The number of benzene rings is 1. The smallest absolute Gasteiger partial charge is 0.237 e. The zero-order valence-electron chi connectivity index (χ0n) is 11.9. The van der Waals surface area contributed by atoms with Gasteiger partial charge in [0.2, 0.25) is 5.91 Å². The summed E-state index contributed by atoms with van der Waals surface area (Å²) in [5, 5.41) is 3.08. The van der Waals surface area contributed by atoms with E-state index in [0.717, 1.165) is 23.9 Å². The molecule has 2 aliphatic rings. The van der Waals surface area contributed by atoms with E-state index < -0.39 is 6.04 Å². The summed E-state index contributed by atoms with van der Waals surface area (Å²) in [4.78, 5) is 12.1. The molecule has 2 fully saturated rings. The van der Waals surface area contributed by atoms with Gasteiger partial charge >= 0.3 is 0 Å². The van der Waals surface area contributed by atoms with Crippen molar-refractivity contribution in [2.75, 3.05) is 6.54 Å². The van der Waals surface area contributed by atoms with Gasteiger partial charge in [0.05, 0.1) is 6.04 Å². The zero-order chi connectivity index (χ0) is 13.9. The summed E-state index contributed by atoms with van der Waals surface area (Å²) in [6, 6.07) is 9.54. The van der Waals surface area contributed by atoms with Gasteiger partial charge in [-0.1, -0.05) is 30.3 Å². The Morgan fingerprint density at radius 1 is 1.15 bits per heavy atom. The van der Waals surface area contributed by atoms with Crippen LogP contribution in [0.15, 0.2) is 30.3 Å². The molecule has 0 aliphatic heterocycles. The number of carbonyl (C=O) groups is 1. The molecule has 0 aromatic heterocycles. The molecule has 108 valence electrons. The SMILES string of the molecule is N[C@@H](Cc1ccccc1)C(=O)NCC(C1CC1)C1CC1. The van der Waals surface area contributed by atoms with Crippen molar-refractivity contribution in [2.45, 2.75) is 38.1 Å². The lowest BCUT2D eigenvalue weighted by molar-refractivity contribution is -0.122. The average molecular weight is 272 g/mol. The number of rotatable bonds is 7. The lowest BCUT2D eigenvalue weighted by atomic mass is 9.97. The predicted molar refractivity (Wildman–Crippen MR) is 80.1 cm³/mol. The van der Waals surface area contributed by atoms with Gasteiger partial charge in [0, 0.05) is 6.54 Å². The molecule has 0 radical (unpaired) electrons. The molecule has 0 unspecified atom stereocenters. The first-order chi connectivity index (χ1) is 9.74. The molecule has 1 amide bonds. The average Bonchev–Trinajstić information content (AvgIpc) is 3.33. The fraction of sp³-hybridized carbons (Fsp3) is 0.588. The Labute approximate surface area is 120 Å². The molecule has 1 atom stereocenters. The van der Waals surface area contributed by atoms with Crippen LogP contribution in [0.2, 0.25) is 0 Å². The van der Waals surface area contributed by atoms with E-state index >= 15 is 0 Å². The predicted octanol–water partition coefficient (Wildman–Crippen LogP) is 2.11. The highest BCUT2D eigenvalue weighted by atomic mass is 16.2. The van der Waals surface area contributed by atoms with Crippen molar-refractivity contribution in [3.63, 3.8) is 0 Å². The Bertz CT molecular complexity index is 439. The summed E-state index contributed by atoms with van der Waals surface area (Å²) in [6.07, 6.45) is 6.03. The van der Waals surface area contributed by atoms with Gasteiger partial charge in [0.1, 0.15) is 0 Å². The van der Waals surface area contributed by atoms with Gasteiger partial charge in [0.15, 0.2) is 0 Å². The van der Waals surface area contributed by atoms with Gasteiger partial charge in [-0.05, 0) is 55.4 Å². The highest BCUT2D eigenvalue weighted by Gasteiger charge is 2.41. The second-order valence-corrected chi connectivity index (χ2v) is 6.38. The summed E-state index contributed by atoms with van der Waals surface area (Å²) >= 11 is 0. The summed E-state index contributed by atoms with van der Waals surface area (Å²) in [6.45, 7) is 0.830. The second kappa shape index (κ2) is 5.96. The van der Waals surface area contributed by atoms with Crippen LogP contribution >= 0.6 is 0 Å². The van der Waals surface area contributed by atoms with Crippen molar-refractivity contribution >= 4 is 5.91 Å². The Kier molecular flexibility index (Phi) is 4.06. The van der Waals surface area contributed by atoms with Crippen LogP contribution in [0.25, 0.3) is 0 Å². The molecule has 0 heterocycles. The van der Waals surface area contributed by atoms with Crippen molar-refractivity contribution in [1.82, 2.24) is 5.32 Å². The van der Waals surface area contributed by atoms with Crippen LogP contribution in [0, 0.1) is 17.8 Å². The third-order valence-corrected chi connectivity index (χ3v) is 4.60. The lowest BCUT2D eigenvalue weighted by Crippen LogP contribution is -2.44. The number of amides is 1. The zero-order valence-corrected chi connectivity index (χ0v) is 11.9. The minimum absolute atomic E-state index is 0.000142. The molecule has 3 rings (SSSR count). The van der Waals surface area contributed by atoms with E-state index in [1.807, 2.05) is 30.3 Å². The van der Waals surface area contributed by atoms with E-state index in [2.05, 4.69) is 5.32 Å². The summed E-state index contributed by atoms with van der Waals surface area (Å²) in [5.74, 6) is 2.45. The Morgan fingerprint density at radius 3 is 2.30 bits per heavy atom. The number of hydrogen-bond donors (Lipinski definition) is 2. The molecular weight excluding hydrogens is 248 g/mol. The maximum atomic E-state index is 12.1. The number of nitrogens with two attached hydrogens (primary N) is 1. The lowest BCUT2D eigenvalue weighted by Gasteiger charge is -2.18. The molecule has 3 heteroatoms. The molecule has 20 heavy (non-hydrogen) atoms. The van der Waals surface area contributed by atoms with E-state index in [1.165, 1.54) is 25.7 Å². The van der Waals surface area contributed by atoms with Crippen LogP contribution in [0.3, 0.4) is 0 Å². The van der Waals surface area contributed by atoms with E-state index in [9.17, 15) is 4.79 Å². The first kappa shape index (κ1) is 13.6.